The van der Waals surface area contributed by atoms with Gasteiger partial charge in [0.05, 0.1) is 24.8 Å². The van der Waals surface area contributed by atoms with Crippen molar-refractivity contribution >= 4 is 11.8 Å². The minimum absolute atomic E-state index is 0.0125. The summed E-state index contributed by atoms with van der Waals surface area (Å²) in [6.45, 7) is 0.421. The molecule has 3 heterocycles. The number of fused-ring (bicyclic) bond motifs is 1. The van der Waals surface area contributed by atoms with Crippen molar-refractivity contribution in [3.63, 3.8) is 0 Å². The van der Waals surface area contributed by atoms with Gasteiger partial charge in [0.25, 0.3) is 5.91 Å². The summed E-state index contributed by atoms with van der Waals surface area (Å²) >= 11 is 0. The van der Waals surface area contributed by atoms with E-state index in [2.05, 4.69) is 10.3 Å². The van der Waals surface area contributed by atoms with Crippen LogP contribution >= 0.6 is 0 Å². The van der Waals surface area contributed by atoms with Crippen molar-refractivity contribution in [1.82, 2.24) is 15.2 Å². The van der Waals surface area contributed by atoms with Crippen molar-refractivity contribution in [3.05, 3.63) is 59.5 Å². The molecule has 2 saturated heterocycles. The van der Waals surface area contributed by atoms with E-state index in [0.29, 0.717) is 24.4 Å². The maximum absolute atomic E-state index is 13.9. The van der Waals surface area contributed by atoms with Crippen LogP contribution in [0.15, 0.2) is 42.6 Å². The molecule has 2 fully saturated rings. The summed E-state index contributed by atoms with van der Waals surface area (Å²) in [6.07, 6.45) is 4.45. The van der Waals surface area contributed by atoms with Gasteiger partial charge in [0.15, 0.2) is 0 Å². The Hall–Kier alpha value is -2.96. The quantitative estimate of drug-likeness (QED) is 0.865. The third-order valence-corrected chi connectivity index (χ3v) is 5.85. The second kappa shape index (κ2) is 8.19. The van der Waals surface area contributed by atoms with Crippen molar-refractivity contribution in [2.24, 2.45) is 0 Å². The van der Waals surface area contributed by atoms with E-state index in [4.69, 9.17) is 4.74 Å². The molecule has 29 heavy (non-hydrogen) atoms. The zero-order valence-corrected chi connectivity index (χ0v) is 16.3. The monoisotopic (exact) mass is 397 g/mol. The molecule has 7 heteroatoms. The van der Waals surface area contributed by atoms with Crippen LogP contribution < -0.4 is 10.1 Å². The second-order valence-electron chi connectivity index (χ2n) is 7.61. The first-order valence-electron chi connectivity index (χ1n) is 9.92. The zero-order valence-electron chi connectivity index (χ0n) is 16.3. The molecule has 6 nitrogen and oxygen atoms in total. The topological polar surface area (TPSA) is 71.5 Å². The lowest BCUT2D eigenvalue weighted by atomic mass is 9.88. The van der Waals surface area contributed by atoms with Crippen LogP contribution in [0.25, 0.3) is 0 Å². The summed E-state index contributed by atoms with van der Waals surface area (Å²) < 4.78 is 18.9. The van der Waals surface area contributed by atoms with Gasteiger partial charge in [-0.25, -0.2) is 9.37 Å². The number of hydrogen-bond donors (Lipinski definition) is 1. The summed E-state index contributed by atoms with van der Waals surface area (Å²) in [4.78, 5) is 31.6. The van der Waals surface area contributed by atoms with Gasteiger partial charge in [-0.1, -0.05) is 18.6 Å². The molecule has 1 N–H and O–H groups in total. The number of amides is 2. The van der Waals surface area contributed by atoms with Gasteiger partial charge >= 0.3 is 0 Å². The lowest BCUT2D eigenvalue weighted by Crippen LogP contribution is -2.48. The van der Waals surface area contributed by atoms with Crippen molar-refractivity contribution in [2.45, 2.75) is 43.7 Å². The van der Waals surface area contributed by atoms with Crippen LogP contribution in [0.1, 0.15) is 47.5 Å². The first kappa shape index (κ1) is 19.4. The largest absolute Gasteiger partial charge is 0.481 e. The SMILES string of the molecule is COc1ccc(C(=O)N2C[C@@H](c3cccc(F)c3)[C@@H]3NC(=O)CCCC[C@H]32)cn1. The van der Waals surface area contributed by atoms with Gasteiger partial charge in [-0.05, 0) is 36.6 Å². The minimum atomic E-state index is -0.319. The van der Waals surface area contributed by atoms with Crippen LogP contribution in [0, 0.1) is 5.82 Å². The number of aromatic nitrogens is 1. The first-order valence-corrected chi connectivity index (χ1v) is 9.92. The van der Waals surface area contributed by atoms with Crippen LogP contribution in [-0.4, -0.2) is 47.4 Å². The highest BCUT2D eigenvalue weighted by Gasteiger charge is 2.45. The molecule has 0 bridgehead atoms. The van der Waals surface area contributed by atoms with Crippen LogP contribution in [0.5, 0.6) is 5.88 Å². The molecule has 4 rings (SSSR count). The number of rotatable bonds is 3. The Bertz CT molecular complexity index is 902. The fourth-order valence-electron chi connectivity index (χ4n) is 4.43. The average Bonchev–Trinajstić information content (AvgIpc) is 3.06. The third kappa shape index (κ3) is 3.95. The number of ether oxygens (including phenoxy) is 1. The Morgan fingerprint density at radius 1 is 1.28 bits per heavy atom. The molecule has 3 atom stereocenters. The molecule has 0 unspecified atom stereocenters. The smallest absolute Gasteiger partial charge is 0.255 e. The Morgan fingerprint density at radius 2 is 2.14 bits per heavy atom. The molecular weight excluding hydrogens is 373 g/mol. The molecule has 1 aromatic carbocycles. The number of likely N-dealkylation sites (tertiary alicyclic amines) is 1. The van der Waals surface area contributed by atoms with Gasteiger partial charge in [-0.3, -0.25) is 9.59 Å². The van der Waals surface area contributed by atoms with Crippen molar-refractivity contribution in [2.75, 3.05) is 13.7 Å². The van der Waals surface area contributed by atoms with E-state index in [1.807, 2.05) is 11.0 Å². The van der Waals surface area contributed by atoms with Gasteiger partial charge in [-0.15, -0.1) is 0 Å². The Kier molecular flexibility index (Phi) is 5.47. The summed E-state index contributed by atoms with van der Waals surface area (Å²) in [7, 11) is 1.52. The lowest BCUT2D eigenvalue weighted by molar-refractivity contribution is -0.122. The van der Waals surface area contributed by atoms with E-state index in [0.717, 1.165) is 24.8 Å². The van der Waals surface area contributed by atoms with E-state index in [1.54, 1.807) is 18.2 Å². The van der Waals surface area contributed by atoms with Crippen molar-refractivity contribution in [1.29, 1.82) is 0 Å². The molecule has 0 aliphatic carbocycles. The molecule has 1 aromatic heterocycles. The van der Waals surface area contributed by atoms with Gasteiger partial charge in [0.1, 0.15) is 5.82 Å². The molecule has 2 aliphatic rings. The molecule has 0 spiro atoms. The van der Waals surface area contributed by atoms with E-state index < -0.39 is 0 Å². The maximum atomic E-state index is 13.9. The van der Waals surface area contributed by atoms with Gasteiger partial charge in [0.2, 0.25) is 11.8 Å². The number of hydrogen-bond acceptors (Lipinski definition) is 4. The van der Waals surface area contributed by atoms with Gasteiger partial charge < -0.3 is 15.0 Å². The normalized spacial score (nSPS) is 24.3. The summed E-state index contributed by atoms with van der Waals surface area (Å²) in [6, 6.07) is 9.40. The highest BCUT2D eigenvalue weighted by atomic mass is 19.1. The second-order valence-corrected chi connectivity index (χ2v) is 7.61. The Morgan fingerprint density at radius 3 is 2.86 bits per heavy atom. The van der Waals surface area contributed by atoms with Gasteiger partial charge in [0, 0.05) is 31.1 Å². The molecule has 0 radical (unpaired) electrons. The number of pyridine rings is 1. The standard InChI is InChI=1S/C22H24FN3O3/c1-29-20-10-9-15(12-24-20)22(28)26-13-17(14-5-4-6-16(23)11-14)21-18(26)7-2-3-8-19(27)25-21/h4-6,9-12,17-18,21H,2-3,7-8,13H2,1H3,(H,25,27)/t17-,18+,21-/m0/s1. The van der Waals surface area contributed by atoms with Crippen LogP contribution in [0.2, 0.25) is 0 Å². The number of benzene rings is 1. The third-order valence-electron chi connectivity index (χ3n) is 5.85. The number of halogens is 1. The fourth-order valence-corrected chi connectivity index (χ4v) is 4.43. The summed E-state index contributed by atoms with van der Waals surface area (Å²) in [5.41, 5.74) is 1.27. The molecule has 0 saturated carbocycles. The van der Waals surface area contributed by atoms with Crippen LogP contribution in [0.3, 0.4) is 0 Å². The average molecular weight is 397 g/mol. The molecule has 2 aromatic rings. The summed E-state index contributed by atoms with van der Waals surface area (Å²) in [5, 5.41) is 3.11. The molecule has 2 aliphatic heterocycles. The lowest BCUT2D eigenvalue weighted by Gasteiger charge is -2.31. The van der Waals surface area contributed by atoms with E-state index in [1.165, 1.54) is 25.4 Å². The highest BCUT2D eigenvalue weighted by Crippen LogP contribution is 2.36. The molecular formula is C22H24FN3O3. The van der Waals surface area contributed by atoms with E-state index in [-0.39, 0.29) is 35.6 Å². The van der Waals surface area contributed by atoms with Gasteiger partial charge in [-0.2, -0.15) is 0 Å². The van der Waals surface area contributed by atoms with Crippen molar-refractivity contribution < 1.29 is 18.7 Å². The minimum Gasteiger partial charge on any atom is -0.481 e. The predicted molar refractivity (Wildman–Crippen MR) is 105 cm³/mol. The predicted octanol–water partition coefficient (Wildman–Crippen LogP) is 2.90. The number of methoxy groups -OCH3 is 1. The molecule has 2 amide bonds. The van der Waals surface area contributed by atoms with Crippen molar-refractivity contribution in [3.8, 4) is 5.88 Å². The Labute approximate surface area is 169 Å². The summed E-state index contributed by atoms with van der Waals surface area (Å²) in [5.74, 6) is -0.185. The number of carbonyl (C=O) groups is 2. The Balaban J connectivity index is 1.67. The van der Waals surface area contributed by atoms with Crippen LogP contribution in [-0.2, 0) is 4.79 Å². The molecule has 152 valence electrons. The van der Waals surface area contributed by atoms with Crippen LogP contribution in [0.4, 0.5) is 4.39 Å². The maximum Gasteiger partial charge on any atom is 0.255 e. The number of nitrogens with one attached hydrogen (secondary N) is 1. The zero-order chi connectivity index (χ0) is 20.4. The van der Waals surface area contributed by atoms with E-state index in [9.17, 15) is 14.0 Å². The van der Waals surface area contributed by atoms with E-state index >= 15 is 0 Å². The fraction of sp³-hybridized carbons (Fsp3) is 0.409. The highest BCUT2D eigenvalue weighted by molar-refractivity contribution is 5.94. The number of nitrogens with zero attached hydrogens (tertiary/aromatic N) is 2. The first-order chi connectivity index (χ1) is 14.1. The number of carbonyl (C=O) groups excluding carboxylic acids is 2.